The van der Waals surface area contributed by atoms with Crippen molar-refractivity contribution in [2.75, 3.05) is 12.3 Å². The number of halogens is 1. The highest BCUT2D eigenvalue weighted by Gasteiger charge is 2.11. The van der Waals surface area contributed by atoms with Gasteiger partial charge in [-0.05, 0) is 30.3 Å². The molecule has 1 unspecified atom stereocenters. The highest BCUT2D eigenvalue weighted by Crippen LogP contribution is 2.23. The van der Waals surface area contributed by atoms with Crippen LogP contribution in [0.3, 0.4) is 0 Å². The molecule has 1 aromatic heterocycles. The third kappa shape index (κ3) is 5.58. The van der Waals surface area contributed by atoms with Gasteiger partial charge >= 0.3 is 0 Å². The third-order valence-electron chi connectivity index (χ3n) is 2.20. The fraction of sp³-hybridized carbons (Fsp3) is 0.667. The van der Waals surface area contributed by atoms with E-state index in [-0.39, 0.29) is 0 Å². The van der Waals surface area contributed by atoms with Gasteiger partial charge in [-0.2, -0.15) is 11.8 Å². The second-order valence-electron chi connectivity index (χ2n) is 4.05. The molecule has 1 nitrogen and oxygen atoms in total. The number of likely N-dealkylation sites (N-methyl/N-ethyl adjacent to an activating group) is 1. The van der Waals surface area contributed by atoms with Crippen molar-refractivity contribution in [3.63, 3.8) is 0 Å². The Morgan fingerprint density at radius 3 is 2.69 bits per heavy atom. The summed E-state index contributed by atoms with van der Waals surface area (Å²) in [6.45, 7) is 7.68. The molecule has 1 rings (SSSR count). The van der Waals surface area contributed by atoms with Crippen LogP contribution in [0.4, 0.5) is 0 Å². The third-order valence-corrected chi connectivity index (χ3v) is 4.71. The number of hydrogen-bond donors (Lipinski definition) is 1. The van der Waals surface area contributed by atoms with Crippen LogP contribution < -0.4 is 5.32 Å². The minimum absolute atomic E-state index is 0.562. The lowest BCUT2D eigenvalue weighted by Gasteiger charge is -2.17. The molecule has 1 atom stereocenters. The van der Waals surface area contributed by atoms with Gasteiger partial charge in [0.1, 0.15) is 0 Å². The second kappa shape index (κ2) is 7.59. The van der Waals surface area contributed by atoms with E-state index in [4.69, 9.17) is 11.6 Å². The van der Waals surface area contributed by atoms with Crippen molar-refractivity contribution in [2.24, 2.45) is 0 Å². The fourth-order valence-electron chi connectivity index (χ4n) is 1.49. The predicted molar refractivity (Wildman–Crippen MR) is 78.1 cm³/mol. The van der Waals surface area contributed by atoms with Crippen LogP contribution in [0.25, 0.3) is 0 Å². The first-order valence-corrected chi connectivity index (χ1v) is 7.95. The Morgan fingerprint density at radius 2 is 2.19 bits per heavy atom. The zero-order valence-electron chi connectivity index (χ0n) is 10.1. The molecule has 0 bridgehead atoms. The topological polar surface area (TPSA) is 12.0 Å². The zero-order valence-corrected chi connectivity index (χ0v) is 12.5. The molecule has 0 aliphatic rings. The van der Waals surface area contributed by atoms with Crippen molar-refractivity contribution < 1.29 is 0 Å². The van der Waals surface area contributed by atoms with Gasteiger partial charge in [0.25, 0.3) is 0 Å². The summed E-state index contributed by atoms with van der Waals surface area (Å²) < 4.78 is 0.891. The van der Waals surface area contributed by atoms with E-state index in [1.54, 1.807) is 11.3 Å². The van der Waals surface area contributed by atoms with Crippen LogP contribution in [0.1, 0.15) is 25.6 Å². The van der Waals surface area contributed by atoms with E-state index in [0.29, 0.717) is 11.3 Å². The molecule has 0 saturated carbocycles. The molecule has 0 aliphatic heterocycles. The number of nitrogens with one attached hydrogen (secondary N) is 1. The average molecular weight is 278 g/mol. The molecule has 0 radical (unpaired) electrons. The Kier molecular flexibility index (Phi) is 6.81. The van der Waals surface area contributed by atoms with Gasteiger partial charge in [0.2, 0.25) is 0 Å². The fourth-order valence-corrected chi connectivity index (χ4v) is 3.51. The van der Waals surface area contributed by atoms with Gasteiger partial charge in [-0.3, -0.25) is 0 Å². The SMILES string of the molecule is CCNC(CSC(C)C)Cc1ccc(Cl)s1. The van der Waals surface area contributed by atoms with Gasteiger partial charge < -0.3 is 5.32 Å². The van der Waals surface area contributed by atoms with E-state index in [1.807, 2.05) is 17.8 Å². The molecule has 1 N–H and O–H groups in total. The molecule has 4 heteroatoms. The van der Waals surface area contributed by atoms with E-state index >= 15 is 0 Å². The smallest absolute Gasteiger partial charge is 0.0931 e. The molecule has 0 saturated heterocycles. The summed E-state index contributed by atoms with van der Waals surface area (Å²) in [5, 5.41) is 4.24. The minimum atomic E-state index is 0.562. The summed E-state index contributed by atoms with van der Waals surface area (Å²) in [6.07, 6.45) is 1.09. The minimum Gasteiger partial charge on any atom is -0.313 e. The lowest BCUT2D eigenvalue weighted by molar-refractivity contribution is 0.576. The van der Waals surface area contributed by atoms with Gasteiger partial charge in [-0.1, -0.05) is 32.4 Å². The maximum absolute atomic E-state index is 5.94. The molecule has 0 spiro atoms. The van der Waals surface area contributed by atoms with Gasteiger partial charge in [-0.25, -0.2) is 0 Å². The largest absolute Gasteiger partial charge is 0.313 e. The van der Waals surface area contributed by atoms with Crippen LogP contribution in [0.2, 0.25) is 4.34 Å². The first kappa shape index (κ1) is 14.4. The van der Waals surface area contributed by atoms with Crippen molar-refractivity contribution in [2.45, 2.75) is 38.5 Å². The van der Waals surface area contributed by atoms with Crippen molar-refractivity contribution in [3.8, 4) is 0 Å². The molecule has 0 fully saturated rings. The Bertz CT molecular complexity index is 299. The Labute approximate surface area is 112 Å². The van der Waals surface area contributed by atoms with Gasteiger partial charge in [0.15, 0.2) is 0 Å². The summed E-state index contributed by atoms with van der Waals surface area (Å²) in [5.74, 6) is 1.17. The number of hydrogen-bond acceptors (Lipinski definition) is 3. The molecule has 1 heterocycles. The molecule has 0 aromatic carbocycles. The normalized spacial score (nSPS) is 13.3. The Balaban J connectivity index is 2.43. The van der Waals surface area contributed by atoms with Gasteiger partial charge in [0.05, 0.1) is 4.34 Å². The summed E-state index contributed by atoms with van der Waals surface area (Å²) in [6, 6.07) is 4.68. The maximum Gasteiger partial charge on any atom is 0.0931 e. The number of rotatable bonds is 7. The second-order valence-corrected chi connectivity index (χ2v) is 7.46. The summed E-state index contributed by atoms with van der Waals surface area (Å²) in [4.78, 5) is 1.38. The number of thioether (sulfide) groups is 1. The van der Waals surface area contributed by atoms with Crippen molar-refractivity contribution in [1.29, 1.82) is 0 Å². The van der Waals surface area contributed by atoms with Crippen LogP contribution in [-0.4, -0.2) is 23.6 Å². The Hall–Kier alpha value is 0.300. The molecule has 0 amide bonds. The van der Waals surface area contributed by atoms with E-state index in [9.17, 15) is 0 Å². The zero-order chi connectivity index (χ0) is 12.0. The first-order valence-electron chi connectivity index (χ1n) is 5.71. The van der Waals surface area contributed by atoms with Crippen LogP contribution in [0, 0.1) is 0 Å². The summed E-state index contributed by atoms with van der Waals surface area (Å²) >= 11 is 9.65. The molecular weight excluding hydrogens is 258 g/mol. The molecular formula is C12H20ClNS2. The lowest BCUT2D eigenvalue weighted by Crippen LogP contribution is -2.33. The van der Waals surface area contributed by atoms with Crippen molar-refractivity contribution in [3.05, 3.63) is 21.3 Å². The van der Waals surface area contributed by atoms with Crippen LogP contribution in [-0.2, 0) is 6.42 Å². The maximum atomic E-state index is 5.94. The molecule has 92 valence electrons. The van der Waals surface area contributed by atoms with E-state index in [0.717, 1.165) is 17.3 Å². The van der Waals surface area contributed by atoms with Crippen LogP contribution >= 0.6 is 34.7 Å². The molecule has 16 heavy (non-hydrogen) atoms. The monoisotopic (exact) mass is 277 g/mol. The quantitative estimate of drug-likeness (QED) is 0.807. The average Bonchev–Trinajstić information content (AvgIpc) is 2.61. The predicted octanol–water partition coefficient (Wildman–Crippen LogP) is 4.06. The molecule has 0 aliphatic carbocycles. The lowest BCUT2D eigenvalue weighted by atomic mass is 10.2. The van der Waals surface area contributed by atoms with Crippen LogP contribution in [0.15, 0.2) is 12.1 Å². The van der Waals surface area contributed by atoms with Crippen molar-refractivity contribution >= 4 is 34.7 Å². The number of thiophene rings is 1. The Morgan fingerprint density at radius 1 is 1.44 bits per heavy atom. The van der Waals surface area contributed by atoms with E-state index in [2.05, 4.69) is 32.2 Å². The highest BCUT2D eigenvalue weighted by molar-refractivity contribution is 7.99. The van der Waals surface area contributed by atoms with E-state index < -0.39 is 0 Å². The van der Waals surface area contributed by atoms with Crippen molar-refractivity contribution in [1.82, 2.24) is 5.32 Å². The highest BCUT2D eigenvalue weighted by atomic mass is 35.5. The first-order chi connectivity index (χ1) is 7.61. The summed E-state index contributed by atoms with van der Waals surface area (Å²) in [5.41, 5.74) is 0. The standard InChI is InChI=1S/C12H20ClNS2/c1-4-14-10(8-15-9(2)3)7-11-5-6-12(13)16-11/h5-6,9-10,14H,4,7-8H2,1-3H3. The van der Waals surface area contributed by atoms with E-state index in [1.165, 1.54) is 10.6 Å². The summed E-state index contributed by atoms with van der Waals surface area (Å²) in [7, 11) is 0. The van der Waals surface area contributed by atoms with Crippen LogP contribution in [0.5, 0.6) is 0 Å². The van der Waals surface area contributed by atoms with Gasteiger partial charge in [-0.15, -0.1) is 11.3 Å². The molecule has 1 aromatic rings. The van der Waals surface area contributed by atoms with Gasteiger partial charge in [0, 0.05) is 16.7 Å².